The summed E-state index contributed by atoms with van der Waals surface area (Å²) < 4.78 is 5.43. The number of amides is 2. The average Bonchev–Trinajstić information content (AvgIpc) is 2.69. The Bertz CT molecular complexity index is 661. The second-order valence-electron chi connectivity index (χ2n) is 8.06. The van der Waals surface area contributed by atoms with Gasteiger partial charge in [0, 0.05) is 44.8 Å². The van der Waals surface area contributed by atoms with Crippen LogP contribution in [0, 0.1) is 5.92 Å². The lowest BCUT2D eigenvalue weighted by Crippen LogP contribution is -2.58. The van der Waals surface area contributed by atoms with Crippen LogP contribution in [-0.2, 0) is 11.3 Å². The van der Waals surface area contributed by atoms with Gasteiger partial charge >= 0.3 is 12.2 Å². The number of piperidine rings is 1. The molecule has 2 heterocycles. The predicted molar refractivity (Wildman–Crippen MR) is 106 cm³/mol. The molecular weight excluding hydrogens is 358 g/mol. The highest BCUT2D eigenvalue weighted by atomic mass is 16.6. The van der Waals surface area contributed by atoms with Crippen LogP contribution in [0.15, 0.2) is 30.3 Å². The van der Waals surface area contributed by atoms with Crippen LogP contribution in [0.2, 0.25) is 0 Å². The summed E-state index contributed by atoms with van der Waals surface area (Å²) in [7, 11) is 0. The molecule has 0 aliphatic carbocycles. The van der Waals surface area contributed by atoms with Gasteiger partial charge in [-0.2, -0.15) is 0 Å². The fraction of sp³-hybridized carbons (Fsp3) is 0.619. The van der Waals surface area contributed by atoms with Crippen molar-refractivity contribution in [3.05, 3.63) is 35.9 Å². The van der Waals surface area contributed by atoms with Crippen molar-refractivity contribution in [2.45, 2.75) is 45.4 Å². The van der Waals surface area contributed by atoms with Crippen molar-refractivity contribution in [2.24, 2.45) is 5.92 Å². The molecule has 2 amide bonds. The van der Waals surface area contributed by atoms with Gasteiger partial charge in [-0.25, -0.2) is 9.59 Å². The standard InChI is InChI=1S/C21H31N3O4/c1-16-13-24(20(25)26)17(2)12-23(16)14-18-8-10-22(11-9-18)21(27)28-15-19-6-4-3-5-7-19/h3-7,16-18H,8-15H2,1-2H3,(H,25,26)/t16-,17+/m1/s1. The number of carbonyl (C=O) groups is 2. The third kappa shape index (κ3) is 5.16. The van der Waals surface area contributed by atoms with Gasteiger partial charge in [0.05, 0.1) is 0 Å². The van der Waals surface area contributed by atoms with Crippen LogP contribution >= 0.6 is 0 Å². The normalized spacial score (nSPS) is 24.2. The van der Waals surface area contributed by atoms with Gasteiger partial charge in [-0.05, 0) is 38.2 Å². The fourth-order valence-electron chi connectivity index (χ4n) is 4.16. The van der Waals surface area contributed by atoms with Gasteiger partial charge in [0.2, 0.25) is 0 Å². The van der Waals surface area contributed by atoms with Crippen molar-refractivity contribution in [1.29, 1.82) is 0 Å². The molecule has 0 radical (unpaired) electrons. The van der Waals surface area contributed by atoms with Crippen molar-refractivity contribution in [1.82, 2.24) is 14.7 Å². The summed E-state index contributed by atoms with van der Waals surface area (Å²) in [6.07, 6.45) is 0.849. The van der Waals surface area contributed by atoms with Crippen molar-refractivity contribution < 1.29 is 19.4 Å². The molecule has 7 nitrogen and oxygen atoms in total. The summed E-state index contributed by atoms with van der Waals surface area (Å²) in [5.41, 5.74) is 0.995. The molecule has 2 atom stereocenters. The number of carbonyl (C=O) groups excluding carboxylic acids is 1. The van der Waals surface area contributed by atoms with Gasteiger partial charge in [0.1, 0.15) is 6.61 Å². The second-order valence-corrected chi connectivity index (χ2v) is 8.06. The van der Waals surface area contributed by atoms with Crippen LogP contribution in [0.25, 0.3) is 0 Å². The van der Waals surface area contributed by atoms with Crippen molar-refractivity contribution >= 4 is 12.2 Å². The van der Waals surface area contributed by atoms with E-state index in [1.54, 1.807) is 4.90 Å². The minimum Gasteiger partial charge on any atom is -0.465 e. The second kappa shape index (κ2) is 9.28. The highest BCUT2D eigenvalue weighted by molar-refractivity contribution is 5.67. The van der Waals surface area contributed by atoms with Crippen molar-refractivity contribution in [2.75, 3.05) is 32.7 Å². The lowest BCUT2D eigenvalue weighted by molar-refractivity contribution is 0.0269. The summed E-state index contributed by atoms with van der Waals surface area (Å²) in [4.78, 5) is 29.3. The zero-order valence-electron chi connectivity index (χ0n) is 16.8. The summed E-state index contributed by atoms with van der Waals surface area (Å²) in [6, 6.07) is 9.96. The smallest absolute Gasteiger partial charge is 0.410 e. The van der Waals surface area contributed by atoms with Gasteiger partial charge in [-0.1, -0.05) is 30.3 Å². The van der Waals surface area contributed by atoms with E-state index in [1.165, 1.54) is 4.90 Å². The summed E-state index contributed by atoms with van der Waals surface area (Å²) in [6.45, 7) is 8.10. The maximum Gasteiger partial charge on any atom is 0.410 e. The molecule has 2 aliphatic rings. The Morgan fingerprint density at radius 2 is 1.75 bits per heavy atom. The Kier molecular flexibility index (Phi) is 6.78. The van der Waals surface area contributed by atoms with E-state index in [1.807, 2.05) is 37.3 Å². The molecule has 0 saturated carbocycles. The molecule has 7 heteroatoms. The number of hydrogen-bond donors (Lipinski definition) is 1. The highest BCUT2D eigenvalue weighted by Gasteiger charge is 2.34. The van der Waals surface area contributed by atoms with Gasteiger partial charge < -0.3 is 19.6 Å². The molecule has 28 heavy (non-hydrogen) atoms. The first-order valence-corrected chi connectivity index (χ1v) is 10.1. The Hall–Kier alpha value is -2.28. The first-order valence-electron chi connectivity index (χ1n) is 10.1. The van der Waals surface area contributed by atoms with E-state index in [-0.39, 0.29) is 18.2 Å². The maximum absolute atomic E-state index is 12.3. The zero-order chi connectivity index (χ0) is 20.1. The molecule has 0 aromatic heterocycles. The van der Waals surface area contributed by atoms with E-state index in [9.17, 15) is 14.7 Å². The molecular formula is C21H31N3O4. The summed E-state index contributed by atoms with van der Waals surface area (Å²) in [5.74, 6) is 0.532. The van der Waals surface area contributed by atoms with Gasteiger partial charge in [0.15, 0.2) is 0 Å². The summed E-state index contributed by atoms with van der Waals surface area (Å²) in [5, 5.41) is 9.29. The van der Waals surface area contributed by atoms with E-state index in [0.717, 1.165) is 44.6 Å². The Labute approximate surface area is 166 Å². The molecule has 0 bridgehead atoms. The average molecular weight is 389 g/mol. The monoisotopic (exact) mass is 389 g/mol. The molecule has 2 fully saturated rings. The molecule has 2 aliphatic heterocycles. The highest BCUT2D eigenvalue weighted by Crippen LogP contribution is 2.23. The minimum atomic E-state index is -0.832. The molecule has 3 rings (SSSR count). The zero-order valence-corrected chi connectivity index (χ0v) is 16.8. The minimum absolute atomic E-state index is 0.0155. The predicted octanol–water partition coefficient (Wildman–Crippen LogP) is 3.11. The van der Waals surface area contributed by atoms with Crippen LogP contribution in [0.3, 0.4) is 0 Å². The lowest BCUT2D eigenvalue weighted by Gasteiger charge is -2.44. The number of benzene rings is 1. The van der Waals surface area contributed by atoms with E-state index in [4.69, 9.17) is 4.74 Å². The maximum atomic E-state index is 12.3. The van der Waals surface area contributed by atoms with Crippen LogP contribution < -0.4 is 0 Å². The lowest BCUT2D eigenvalue weighted by atomic mass is 9.95. The van der Waals surface area contributed by atoms with Crippen LogP contribution in [0.5, 0.6) is 0 Å². The molecule has 154 valence electrons. The largest absolute Gasteiger partial charge is 0.465 e. The van der Waals surface area contributed by atoms with Crippen molar-refractivity contribution in [3.8, 4) is 0 Å². The number of nitrogens with zero attached hydrogens (tertiary/aromatic N) is 3. The van der Waals surface area contributed by atoms with E-state index < -0.39 is 6.09 Å². The third-order valence-corrected chi connectivity index (χ3v) is 5.93. The van der Waals surface area contributed by atoms with Crippen molar-refractivity contribution in [3.63, 3.8) is 0 Å². The number of piperazine rings is 1. The molecule has 2 saturated heterocycles. The number of likely N-dealkylation sites (tertiary alicyclic amines) is 1. The Morgan fingerprint density at radius 1 is 1.07 bits per heavy atom. The fourth-order valence-corrected chi connectivity index (χ4v) is 4.16. The van der Waals surface area contributed by atoms with Gasteiger partial charge in [0.25, 0.3) is 0 Å². The molecule has 1 aromatic carbocycles. The first-order chi connectivity index (χ1) is 13.4. The Balaban J connectivity index is 1.41. The van der Waals surface area contributed by atoms with Crippen LogP contribution in [0.1, 0.15) is 32.3 Å². The van der Waals surface area contributed by atoms with Crippen LogP contribution in [0.4, 0.5) is 9.59 Å². The van der Waals surface area contributed by atoms with E-state index in [0.29, 0.717) is 19.1 Å². The number of rotatable bonds is 4. The van der Waals surface area contributed by atoms with Gasteiger partial charge in [-0.3, -0.25) is 4.90 Å². The van der Waals surface area contributed by atoms with Gasteiger partial charge in [-0.15, -0.1) is 0 Å². The molecule has 0 unspecified atom stereocenters. The molecule has 0 spiro atoms. The topological polar surface area (TPSA) is 73.3 Å². The molecule has 1 aromatic rings. The number of carboxylic acid groups (broad SMARTS) is 1. The SMILES string of the molecule is C[C@@H]1CN(C(=O)O)[C@@H](C)CN1CC1CCN(C(=O)OCc2ccccc2)CC1. The molecule has 1 N–H and O–H groups in total. The Morgan fingerprint density at radius 3 is 2.39 bits per heavy atom. The quantitative estimate of drug-likeness (QED) is 0.857. The first kappa shape index (κ1) is 20.5. The summed E-state index contributed by atoms with van der Waals surface area (Å²) >= 11 is 0. The van der Waals surface area contributed by atoms with Crippen LogP contribution in [-0.4, -0.2) is 76.8 Å². The van der Waals surface area contributed by atoms with E-state index >= 15 is 0 Å². The third-order valence-electron chi connectivity index (χ3n) is 5.93. The number of hydrogen-bond acceptors (Lipinski definition) is 4. The number of ether oxygens (including phenoxy) is 1. The van der Waals surface area contributed by atoms with E-state index in [2.05, 4.69) is 11.8 Å².